The van der Waals surface area contributed by atoms with Crippen molar-refractivity contribution in [2.75, 3.05) is 5.32 Å². The summed E-state index contributed by atoms with van der Waals surface area (Å²) in [6, 6.07) is 17.5. The molecule has 4 nitrogen and oxygen atoms in total. The molecule has 5 heteroatoms. The van der Waals surface area contributed by atoms with Gasteiger partial charge in [-0.25, -0.2) is 4.68 Å². The summed E-state index contributed by atoms with van der Waals surface area (Å²) in [6.45, 7) is 2.11. The first-order chi connectivity index (χ1) is 11.2. The number of rotatable bonds is 2. The summed E-state index contributed by atoms with van der Waals surface area (Å²) in [5, 5.41) is 7.92. The summed E-state index contributed by atoms with van der Waals surface area (Å²) < 4.78 is 3.08. The molecule has 0 bridgehead atoms. The van der Waals surface area contributed by atoms with Crippen LogP contribution >= 0.6 is 15.9 Å². The molecule has 0 amide bonds. The maximum atomic E-state index is 4.42. The molecule has 2 aromatic carbocycles. The van der Waals surface area contributed by atoms with Crippen molar-refractivity contribution < 1.29 is 0 Å². The van der Waals surface area contributed by atoms with Crippen molar-refractivity contribution in [2.45, 2.75) is 25.4 Å². The first kappa shape index (κ1) is 14.5. The average Bonchev–Trinajstić information content (AvgIpc) is 3.03. The van der Waals surface area contributed by atoms with E-state index in [9.17, 15) is 0 Å². The number of hydrogen-bond donors (Lipinski definition) is 1. The minimum atomic E-state index is 0.193. The predicted octanol–water partition coefficient (Wildman–Crippen LogP) is 4.50. The maximum absolute atomic E-state index is 4.42. The predicted molar refractivity (Wildman–Crippen MR) is 94.5 cm³/mol. The highest BCUT2D eigenvalue weighted by atomic mass is 79.9. The van der Waals surface area contributed by atoms with Crippen LogP contribution in [0, 0.1) is 6.92 Å². The van der Waals surface area contributed by atoms with Crippen molar-refractivity contribution in [3.8, 4) is 0 Å². The lowest BCUT2D eigenvalue weighted by atomic mass is 9.93. The lowest BCUT2D eigenvalue weighted by molar-refractivity contribution is 0.431. The van der Waals surface area contributed by atoms with E-state index in [1.165, 1.54) is 16.7 Å². The second kappa shape index (κ2) is 5.81. The van der Waals surface area contributed by atoms with Crippen LogP contribution in [0.1, 0.15) is 35.2 Å². The fraction of sp³-hybridized carbons (Fsp3) is 0.222. The number of anilines is 1. The summed E-state index contributed by atoms with van der Waals surface area (Å²) in [6.07, 6.45) is 2.56. The van der Waals surface area contributed by atoms with E-state index in [2.05, 4.69) is 80.7 Å². The first-order valence-electron chi connectivity index (χ1n) is 7.69. The van der Waals surface area contributed by atoms with Gasteiger partial charge in [0.15, 0.2) is 0 Å². The lowest BCUT2D eigenvalue weighted by Gasteiger charge is -2.32. The fourth-order valence-corrected chi connectivity index (χ4v) is 3.54. The normalized spacial score (nSPS) is 19.9. The average molecular weight is 369 g/mol. The molecule has 2 heterocycles. The number of nitrogens with zero attached hydrogens (tertiary/aromatic N) is 3. The number of aromatic nitrogens is 3. The van der Waals surface area contributed by atoms with E-state index in [4.69, 9.17) is 0 Å². The molecule has 4 rings (SSSR count). The van der Waals surface area contributed by atoms with Crippen LogP contribution in [0.25, 0.3) is 0 Å². The molecule has 0 saturated carbocycles. The molecule has 1 N–H and O–H groups in total. The Kier molecular flexibility index (Phi) is 3.65. The Bertz CT molecular complexity index is 825. The number of hydrogen-bond acceptors (Lipinski definition) is 3. The van der Waals surface area contributed by atoms with Gasteiger partial charge in [-0.1, -0.05) is 57.9 Å². The van der Waals surface area contributed by atoms with Gasteiger partial charge >= 0.3 is 0 Å². The van der Waals surface area contributed by atoms with Crippen molar-refractivity contribution in [2.24, 2.45) is 0 Å². The van der Waals surface area contributed by atoms with Gasteiger partial charge in [0, 0.05) is 4.47 Å². The monoisotopic (exact) mass is 368 g/mol. The Labute approximate surface area is 143 Å². The van der Waals surface area contributed by atoms with Gasteiger partial charge in [-0.2, -0.15) is 10.1 Å². The standard InChI is InChI=1S/C18H17BrN4/c1-12-5-7-13(8-6-12)17-10-16(14-3-2-4-15(19)9-14)22-18-20-11-21-23(17)18/h2-9,11,16-17H,10H2,1H3,(H,20,21,22)/t16-,17+/m0/s1. The molecule has 2 atom stereocenters. The van der Waals surface area contributed by atoms with Crippen molar-refractivity contribution in [1.29, 1.82) is 0 Å². The van der Waals surface area contributed by atoms with Crippen LogP contribution < -0.4 is 5.32 Å². The number of aryl methyl sites for hydroxylation is 1. The molecule has 0 fully saturated rings. The summed E-state index contributed by atoms with van der Waals surface area (Å²) in [4.78, 5) is 4.38. The molecule has 0 unspecified atom stereocenters. The first-order valence-corrected chi connectivity index (χ1v) is 8.48. The van der Waals surface area contributed by atoms with E-state index in [1.54, 1.807) is 6.33 Å². The highest BCUT2D eigenvalue weighted by molar-refractivity contribution is 9.10. The molecular formula is C18H17BrN4. The molecular weight excluding hydrogens is 352 g/mol. The topological polar surface area (TPSA) is 42.7 Å². The van der Waals surface area contributed by atoms with Crippen molar-refractivity contribution in [3.05, 3.63) is 76.0 Å². The minimum Gasteiger partial charge on any atom is -0.348 e. The molecule has 116 valence electrons. The molecule has 3 aromatic rings. The number of halogens is 1. The highest BCUT2D eigenvalue weighted by Crippen LogP contribution is 2.37. The van der Waals surface area contributed by atoms with Crippen molar-refractivity contribution >= 4 is 21.9 Å². The van der Waals surface area contributed by atoms with Gasteiger partial charge in [0.2, 0.25) is 5.95 Å². The van der Waals surface area contributed by atoms with Crippen LogP contribution in [0.15, 0.2) is 59.3 Å². The van der Waals surface area contributed by atoms with Gasteiger partial charge in [0.25, 0.3) is 0 Å². The fourth-order valence-electron chi connectivity index (χ4n) is 3.13. The van der Waals surface area contributed by atoms with Gasteiger partial charge < -0.3 is 5.32 Å². The van der Waals surface area contributed by atoms with Gasteiger partial charge in [-0.05, 0) is 36.6 Å². The van der Waals surface area contributed by atoms with Crippen LogP contribution in [-0.2, 0) is 0 Å². The molecule has 0 saturated heterocycles. The van der Waals surface area contributed by atoms with Gasteiger partial charge in [0.1, 0.15) is 6.33 Å². The van der Waals surface area contributed by atoms with Gasteiger partial charge in [-0.15, -0.1) is 0 Å². The van der Waals surface area contributed by atoms with Crippen molar-refractivity contribution in [1.82, 2.24) is 14.8 Å². The van der Waals surface area contributed by atoms with Crippen LogP contribution in [0.2, 0.25) is 0 Å². The third-order valence-corrected chi connectivity index (χ3v) is 4.84. The highest BCUT2D eigenvalue weighted by Gasteiger charge is 2.29. The zero-order chi connectivity index (χ0) is 15.8. The number of fused-ring (bicyclic) bond motifs is 1. The van der Waals surface area contributed by atoms with Gasteiger partial charge in [-0.3, -0.25) is 0 Å². The van der Waals surface area contributed by atoms with E-state index < -0.39 is 0 Å². The van der Waals surface area contributed by atoms with E-state index in [1.807, 2.05) is 10.7 Å². The van der Waals surface area contributed by atoms with Gasteiger partial charge in [0.05, 0.1) is 12.1 Å². The molecule has 23 heavy (non-hydrogen) atoms. The third kappa shape index (κ3) is 2.77. The summed E-state index contributed by atoms with van der Waals surface area (Å²) in [5.41, 5.74) is 3.79. The minimum absolute atomic E-state index is 0.193. The summed E-state index contributed by atoms with van der Waals surface area (Å²) in [7, 11) is 0. The maximum Gasteiger partial charge on any atom is 0.222 e. The van der Waals surface area contributed by atoms with Crippen LogP contribution in [0.5, 0.6) is 0 Å². The Morgan fingerprint density at radius 3 is 2.74 bits per heavy atom. The Morgan fingerprint density at radius 1 is 1.13 bits per heavy atom. The second-order valence-electron chi connectivity index (χ2n) is 5.94. The second-order valence-corrected chi connectivity index (χ2v) is 6.86. The zero-order valence-electron chi connectivity index (χ0n) is 12.8. The zero-order valence-corrected chi connectivity index (χ0v) is 14.4. The van der Waals surface area contributed by atoms with Crippen LogP contribution in [-0.4, -0.2) is 14.8 Å². The Morgan fingerprint density at radius 2 is 1.96 bits per heavy atom. The Balaban J connectivity index is 1.73. The number of benzene rings is 2. The van der Waals surface area contributed by atoms with Crippen LogP contribution in [0.3, 0.4) is 0 Å². The molecule has 0 radical (unpaired) electrons. The van der Waals surface area contributed by atoms with E-state index in [-0.39, 0.29) is 12.1 Å². The third-order valence-electron chi connectivity index (χ3n) is 4.34. The van der Waals surface area contributed by atoms with E-state index in [0.717, 1.165) is 16.8 Å². The van der Waals surface area contributed by atoms with Crippen LogP contribution in [0.4, 0.5) is 5.95 Å². The SMILES string of the molecule is Cc1ccc([C@H]2C[C@@H](c3cccc(Br)c3)Nc3ncnn32)cc1. The lowest BCUT2D eigenvalue weighted by Crippen LogP contribution is -2.28. The largest absolute Gasteiger partial charge is 0.348 e. The molecule has 1 aliphatic rings. The van der Waals surface area contributed by atoms with E-state index in [0.29, 0.717) is 0 Å². The van der Waals surface area contributed by atoms with E-state index >= 15 is 0 Å². The molecule has 1 aromatic heterocycles. The molecule has 0 aliphatic carbocycles. The number of nitrogens with one attached hydrogen (secondary N) is 1. The summed E-state index contributed by atoms with van der Waals surface area (Å²) in [5.74, 6) is 0.826. The Hall–Kier alpha value is -2.14. The van der Waals surface area contributed by atoms with Crippen molar-refractivity contribution in [3.63, 3.8) is 0 Å². The molecule has 0 spiro atoms. The quantitative estimate of drug-likeness (QED) is 0.724. The summed E-state index contributed by atoms with van der Waals surface area (Å²) >= 11 is 3.56. The molecule has 1 aliphatic heterocycles. The smallest absolute Gasteiger partial charge is 0.222 e.